The van der Waals surface area contributed by atoms with Crippen molar-refractivity contribution in [1.82, 2.24) is 0 Å². The number of aryl methyl sites for hydroxylation is 1. The van der Waals surface area contributed by atoms with Gasteiger partial charge in [0.25, 0.3) is 0 Å². The van der Waals surface area contributed by atoms with Crippen molar-refractivity contribution in [1.29, 1.82) is 0 Å². The fraction of sp³-hybridized carbons (Fsp3) is 0.294. The maximum atomic E-state index is 13.9. The predicted octanol–water partition coefficient (Wildman–Crippen LogP) is 6.29. The quantitative estimate of drug-likeness (QED) is 0.447. The second-order valence-corrected chi connectivity index (χ2v) is 5.84. The van der Waals surface area contributed by atoms with E-state index >= 15 is 0 Å². The van der Waals surface area contributed by atoms with Crippen molar-refractivity contribution in [2.24, 2.45) is 0 Å². The SMILES string of the molecule is CCCCc1ccc(C(Cl)c2cc(F)c(Cl)cc2F)cc1. The normalized spacial score (nSPS) is 12.4. The van der Waals surface area contributed by atoms with E-state index in [1.165, 1.54) is 5.56 Å². The van der Waals surface area contributed by atoms with Crippen molar-refractivity contribution < 1.29 is 8.78 Å². The van der Waals surface area contributed by atoms with Gasteiger partial charge in [-0.2, -0.15) is 0 Å². The molecule has 2 aromatic rings. The van der Waals surface area contributed by atoms with Gasteiger partial charge in [0.2, 0.25) is 0 Å². The first kappa shape index (κ1) is 16.3. The van der Waals surface area contributed by atoms with Crippen LogP contribution in [0.2, 0.25) is 5.02 Å². The molecular formula is C17H16Cl2F2. The van der Waals surface area contributed by atoms with E-state index < -0.39 is 17.0 Å². The monoisotopic (exact) mass is 328 g/mol. The molecule has 1 unspecified atom stereocenters. The molecule has 0 bridgehead atoms. The van der Waals surface area contributed by atoms with Gasteiger partial charge in [-0.3, -0.25) is 0 Å². The third-order valence-electron chi connectivity index (χ3n) is 3.40. The highest BCUT2D eigenvalue weighted by Crippen LogP contribution is 2.33. The Kier molecular flexibility index (Phi) is 5.60. The first-order valence-corrected chi connectivity index (χ1v) is 7.71. The van der Waals surface area contributed by atoms with Crippen molar-refractivity contribution in [2.75, 3.05) is 0 Å². The molecule has 0 fully saturated rings. The second kappa shape index (κ2) is 7.24. The van der Waals surface area contributed by atoms with Crippen LogP contribution in [0.25, 0.3) is 0 Å². The molecule has 0 saturated carbocycles. The summed E-state index contributed by atoms with van der Waals surface area (Å²) in [5.74, 6) is -1.27. The molecule has 21 heavy (non-hydrogen) atoms. The van der Waals surface area contributed by atoms with Crippen LogP contribution in [-0.4, -0.2) is 0 Å². The lowest BCUT2D eigenvalue weighted by Gasteiger charge is -2.13. The molecule has 0 aliphatic carbocycles. The third-order valence-corrected chi connectivity index (χ3v) is 4.18. The van der Waals surface area contributed by atoms with Gasteiger partial charge in [-0.05, 0) is 36.1 Å². The summed E-state index contributed by atoms with van der Waals surface area (Å²) < 4.78 is 27.4. The van der Waals surface area contributed by atoms with E-state index in [4.69, 9.17) is 23.2 Å². The molecule has 0 nitrogen and oxygen atoms in total. The van der Waals surface area contributed by atoms with Crippen molar-refractivity contribution in [3.8, 4) is 0 Å². The summed E-state index contributed by atoms with van der Waals surface area (Å²) in [5, 5.41) is -0.980. The van der Waals surface area contributed by atoms with E-state index in [9.17, 15) is 8.78 Å². The second-order valence-electron chi connectivity index (χ2n) is 5.00. The Balaban J connectivity index is 2.23. The Bertz CT molecular complexity index is 609. The van der Waals surface area contributed by atoms with Crippen molar-refractivity contribution in [2.45, 2.75) is 31.6 Å². The molecule has 0 N–H and O–H groups in total. The highest BCUT2D eigenvalue weighted by atomic mass is 35.5. The lowest BCUT2D eigenvalue weighted by Crippen LogP contribution is -1.99. The molecule has 1 atom stereocenters. The minimum Gasteiger partial charge on any atom is -0.207 e. The van der Waals surface area contributed by atoms with E-state index in [1.807, 2.05) is 24.3 Å². The Labute approximate surface area is 133 Å². The van der Waals surface area contributed by atoms with Gasteiger partial charge in [-0.25, -0.2) is 8.78 Å². The molecule has 0 saturated heterocycles. The van der Waals surface area contributed by atoms with Gasteiger partial charge in [0.1, 0.15) is 11.6 Å². The Morgan fingerprint density at radius 3 is 2.33 bits per heavy atom. The van der Waals surface area contributed by atoms with Crippen LogP contribution in [0.1, 0.15) is 41.8 Å². The highest BCUT2D eigenvalue weighted by Gasteiger charge is 2.18. The largest absolute Gasteiger partial charge is 0.207 e. The molecule has 0 heterocycles. The predicted molar refractivity (Wildman–Crippen MR) is 84.1 cm³/mol. The summed E-state index contributed by atoms with van der Waals surface area (Å²) in [5.41, 5.74) is 2.05. The lowest BCUT2D eigenvalue weighted by atomic mass is 10.0. The Morgan fingerprint density at radius 1 is 1.05 bits per heavy atom. The summed E-state index contributed by atoms with van der Waals surface area (Å²) in [7, 11) is 0. The van der Waals surface area contributed by atoms with Gasteiger partial charge in [0.05, 0.1) is 10.4 Å². The van der Waals surface area contributed by atoms with Gasteiger partial charge in [-0.1, -0.05) is 49.2 Å². The number of halogens is 4. The molecule has 0 amide bonds. The average Bonchev–Trinajstić information content (AvgIpc) is 2.48. The molecule has 0 spiro atoms. The van der Waals surface area contributed by atoms with Crippen LogP contribution in [0.15, 0.2) is 36.4 Å². The number of hydrogen-bond acceptors (Lipinski definition) is 0. The van der Waals surface area contributed by atoms with E-state index in [1.54, 1.807) is 0 Å². The fourth-order valence-electron chi connectivity index (χ4n) is 2.15. The zero-order valence-corrected chi connectivity index (χ0v) is 13.2. The minimum absolute atomic E-state index is 0.0971. The number of hydrogen-bond donors (Lipinski definition) is 0. The summed E-state index contributed by atoms with van der Waals surface area (Å²) in [6.07, 6.45) is 3.27. The fourth-order valence-corrected chi connectivity index (χ4v) is 2.61. The average molecular weight is 329 g/mol. The smallest absolute Gasteiger partial charge is 0.142 e. The van der Waals surface area contributed by atoms with E-state index in [-0.39, 0.29) is 10.6 Å². The van der Waals surface area contributed by atoms with Crippen LogP contribution in [-0.2, 0) is 6.42 Å². The molecule has 0 aromatic heterocycles. The van der Waals surface area contributed by atoms with E-state index in [2.05, 4.69) is 6.92 Å². The van der Waals surface area contributed by atoms with Crippen LogP contribution >= 0.6 is 23.2 Å². The van der Waals surface area contributed by atoms with Gasteiger partial charge in [-0.15, -0.1) is 11.6 Å². The Morgan fingerprint density at radius 2 is 1.71 bits per heavy atom. The third kappa shape index (κ3) is 3.96. The van der Waals surface area contributed by atoms with E-state index in [0.29, 0.717) is 0 Å². The molecule has 4 heteroatoms. The van der Waals surface area contributed by atoms with Gasteiger partial charge < -0.3 is 0 Å². The van der Waals surface area contributed by atoms with Crippen molar-refractivity contribution in [3.63, 3.8) is 0 Å². The van der Waals surface area contributed by atoms with Crippen LogP contribution in [0, 0.1) is 11.6 Å². The maximum Gasteiger partial charge on any atom is 0.142 e. The summed E-state index contributed by atoms with van der Waals surface area (Å²) >= 11 is 11.8. The highest BCUT2D eigenvalue weighted by molar-refractivity contribution is 6.30. The molecule has 2 rings (SSSR count). The summed E-state index contributed by atoms with van der Waals surface area (Å²) in [6, 6.07) is 9.68. The zero-order chi connectivity index (χ0) is 15.4. The van der Waals surface area contributed by atoms with Crippen LogP contribution in [0.3, 0.4) is 0 Å². The van der Waals surface area contributed by atoms with Crippen LogP contribution in [0.5, 0.6) is 0 Å². The van der Waals surface area contributed by atoms with Crippen LogP contribution in [0.4, 0.5) is 8.78 Å². The zero-order valence-electron chi connectivity index (χ0n) is 11.7. The molecule has 0 aliphatic heterocycles. The topological polar surface area (TPSA) is 0 Å². The lowest BCUT2D eigenvalue weighted by molar-refractivity contribution is 0.587. The first-order valence-electron chi connectivity index (χ1n) is 6.90. The van der Waals surface area contributed by atoms with Crippen LogP contribution < -0.4 is 0 Å². The molecule has 112 valence electrons. The van der Waals surface area contributed by atoms with Crippen molar-refractivity contribution in [3.05, 3.63) is 69.7 Å². The molecule has 0 aliphatic rings. The maximum absolute atomic E-state index is 13.9. The minimum atomic E-state index is -0.739. The molecular weight excluding hydrogens is 313 g/mol. The van der Waals surface area contributed by atoms with E-state index in [0.717, 1.165) is 37.0 Å². The summed E-state index contributed by atoms with van der Waals surface area (Å²) in [6.45, 7) is 2.14. The Hall–Kier alpha value is -1.12. The van der Waals surface area contributed by atoms with Gasteiger partial charge in [0.15, 0.2) is 0 Å². The molecule has 0 radical (unpaired) electrons. The van der Waals surface area contributed by atoms with Gasteiger partial charge >= 0.3 is 0 Å². The number of rotatable bonds is 5. The standard InChI is InChI=1S/C17H16Cl2F2/c1-2-3-4-11-5-7-12(8-6-11)17(19)13-9-16(21)14(18)10-15(13)20/h5-10,17H,2-4H2,1H3. The number of unbranched alkanes of at least 4 members (excludes halogenated alkanes) is 1. The number of benzene rings is 2. The van der Waals surface area contributed by atoms with Gasteiger partial charge in [0, 0.05) is 5.56 Å². The first-order chi connectivity index (χ1) is 10.0. The summed E-state index contributed by atoms with van der Waals surface area (Å²) in [4.78, 5) is 0. The van der Waals surface area contributed by atoms with Crippen molar-refractivity contribution >= 4 is 23.2 Å². The molecule has 2 aromatic carbocycles. The number of alkyl halides is 1.